The van der Waals surface area contributed by atoms with Crippen LogP contribution < -0.4 is 5.43 Å². The Hall–Kier alpha value is -2.56. The molecule has 1 N–H and O–H groups in total. The highest BCUT2D eigenvalue weighted by Crippen LogP contribution is 2.03. The Morgan fingerprint density at radius 2 is 1.85 bits per heavy atom. The molecule has 102 valence electrons. The standard InChI is InChI=1S/C15H12F2N2O/c16-13-6-4-11(5-7-13)9-15(20)19-18-10-12-2-1-3-14(17)8-12/h1-8,10H,9H2,(H,19,20)/b18-10+. The Bertz CT molecular complexity index is 624. The normalized spacial score (nSPS) is 10.7. The maximum Gasteiger partial charge on any atom is 0.244 e. The molecule has 3 nitrogen and oxygen atoms in total. The van der Waals surface area contributed by atoms with E-state index in [9.17, 15) is 13.6 Å². The average molecular weight is 274 g/mol. The molecule has 0 unspecified atom stereocenters. The van der Waals surface area contributed by atoms with Crippen LogP contribution in [0.25, 0.3) is 0 Å². The minimum absolute atomic E-state index is 0.0980. The van der Waals surface area contributed by atoms with E-state index in [4.69, 9.17) is 0 Å². The number of hydrazone groups is 1. The van der Waals surface area contributed by atoms with Gasteiger partial charge in [0.25, 0.3) is 0 Å². The molecule has 0 aliphatic carbocycles. The van der Waals surface area contributed by atoms with E-state index in [0.29, 0.717) is 11.1 Å². The molecule has 2 aromatic rings. The molecule has 0 aliphatic heterocycles. The molecule has 0 bridgehead atoms. The minimum atomic E-state index is -0.369. The van der Waals surface area contributed by atoms with Crippen LogP contribution in [0.4, 0.5) is 8.78 Å². The Kier molecular flexibility index (Phi) is 4.55. The molecule has 0 spiro atoms. The van der Waals surface area contributed by atoms with E-state index >= 15 is 0 Å². The van der Waals surface area contributed by atoms with Gasteiger partial charge in [0.1, 0.15) is 11.6 Å². The molecule has 0 saturated heterocycles. The van der Waals surface area contributed by atoms with Crippen LogP contribution in [0.15, 0.2) is 53.6 Å². The Morgan fingerprint density at radius 3 is 2.55 bits per heavy atom. The summed E-state index contributed by atoms with van der Waals surface area (Å²) in [5, 5.41) is 3.73. The van der Waals surface area contributed by atoms with Crippen molar-refractivity contribution in [1.82, 2.24) is 5.43 Å². The summed E-state index contributed by atoms with van der Waals surface area (Å²) < 4.78 is 25.6. The highest BCUT2D eigenvalue weighted by atomic mass is 19.1. The summed E-state index contributed by atoms with van der Waals surface area (Å²) in [5.74, 6) is -1.05. The van der Waals surface area contributed by atoms with Crippen LogP contribution in [-0.4, -0.2) is 12.1 Å². The van der Waals surface area contributed by atoms with Gasteiger partial charge in [-0.3, -0.25) is 4.79 Å². The smallest absolute Gasteiger partial charge is 0.244 e. The fourth-order valence-electron chi connectivity index (χ4n) is 1.59. The predicted molar refractivity (Wildman–Crippen MR) is 72.2 cm³/mol. The number of carbonyl (C=O) groups excluding carboxylic acids is 1. The van der Waals surface area contributed by atoms with Crippen molar-refractivity contribution in [1.29, 1.82) is 0 Å². The second-order valence-corrected chi connectivity index (χ2v) is 4.15. The molecule has 2 aromatic carbocycles. The zero-order valence-corrected chi connectivity index (χ0v) is 10.5. The number of nitrogens with zero attached hydrogens (tertiary/aromatic N) is 1. The first-order valence-corrected chi connectivity index (χ1v) is 5.95. The summed E-state index contributed by atoms with van der Waals surface area (Å²) in [6.07, 6.45) is 1.45. The van der Waals surface area contributed by atoms with E-state index < -0.39 is 0 Å². The first-order valence-electron chi connectivity index (χ1n) is 5.95. The molecule has 0 heterocycles. The highest BCUT2D eigenvalue weighted by molar-refractivity contribution is 5.83. The van der Waals surface area contributed by atoms with Crippen LogP contribution in [0.2, 0.25) is 0 Å². The van der Waals surface area contributed by atoms with E-state index in [1.807, 2.05) is 0 Å². The van der Waals surface area contributed by atoms with Crippen LogP contribution in [-0.2, 0) is 11.2 Å². The number of carbonyl (C=O) groups is 1. The number of halogens is 2. The molecule has 0 radical (unpaired) electrons. The van der Waals surface area contributed by atoms with Gasteiger partial charge in [-0.05, 0) is 35.4 Å². The lowest BCUT2D eigenvalue weighted by atomic mass is 10.1. The van der Waals surface area contributed by atoms with Gasteiger partial charge in [0.05, 0.1) is 12.6 Å². The average Bonchev–Trinajstić information content (AvgIpc) is 2.41. The van der Waals surface area contributed by atoms with Crippen molar-refractivity contribution in [2.45, 2.75) is 6.42 Å². The number of nitrogens with one attached hydrogen (secondary N) is 1. The summed E-state index contributed by atoms with van der Waals surface area (Å²) in [7, 11) is 0. The summed E-state index contributed by atoms with van der Waals surface area (Å²) >= 11 is 0. The van der Waals surface area contributed by atoms with Gasteiger partial charge >= 0.3 is 0 Å². The maximum absolute atomic E-state index is 12.9. The lowest BCUT2D eigenvalue weighted by Gasteiger charge is -2.00. The Labute approximate surface area is 114 Å². The van der Waals surface area contributed by atoms with Crippen molar-refractivity contribution in [3.05, 3.63) is 71.3 Å². The van der Waals surface area contributed by atoms with E-state index in [2.05, 4.69) is 10.5 Å². The first kappa shape index (κ1) is 13.9. The van der Waals surface area contributed by atoms with Crippen LogP contribution in [0.5, 0.6) is 0 Å². The Balaban J connectivity index is 1.87. The molecule has 2 rings (SSSR count). The van der Waals surface area contributed by atoms with Crippen LogP contribution >= 0.6 is 0 Å². The summed E-state index contributed by atoms with van der Waals surface area (Å²) in [5.41, 5.74) is 3.56. The lowest BCUT2D eigenvalue weighted by Crippen LogP contribution is -2.19. The second-order valence-electron chi connectivity index (χ2n) is 4.15. The quantitative estimate of drug-likeness (QED) is 0.676. The molecule has 0 aromatic heterocycles. The minimum Gasteiger partial charge on any atom is -0.273 e. The van der Waals surface area contributed by atoms with Crippen molar-refractivity contribution in [3.8, 4) is 0 Å². The first-order chi connectivity index (χ1) is 9.63. The highest BCUT2D eigenvalue weighted by Gasteiger charge is 2.02. The molecular formula is C15H12F2N2O. The van der Waals surface area contributed by atoms with E-state index in [0.717, 1.165) is 0 Å². The third-order valence-electron chi connectivity index (χ3n) is 2.53. The van der Waals surface area contributed by atoms with Gasteiger partial charge in [0.15, 0.2) is 0 Å². The van der Waals surface area contributed by atoms with Gasteiger partial charge in [-0.1, -0.05) is 24.3 Å². The van der Waals surface area contributed by atoms with Gasteiger partial charge in [-0.2, -0.15) is 5.10 Å². The van der Waals surface area contributed by atoms with Gasteiger partial charge in [-0.15, -0.1) is 0 Å². The van der Waals surface area contributed by atoms with Gasteiger partial charge in [0.2, 0.25) is 5.91 Å². The summed E-state index contributed by atoms with van der Waals surface area (Å²) in [4.78, 5) is 11.6. The van der Waals surface area contributed by atoms with Crippen molar-refractivity contribution in [2.75, 3.05) is 0 Å². The van der Waals surface area contributed by atoms with Gasteiger partial charge in [0, 0.05) is 0 Å². The summed E-state index contributed by atoms with van der Waals surface area (Å²) in [6, 6.07) is 11.5. The molecule has 1 amide bonds. The fourth-order valence-corrected chi connectivity index (χ4v) is 1.59. The van der Waals surface area contributed by atoms with Crippen LogP contribution in [0.3, 0.4) is 0 Å². The number of benzene rings is 2. The second kappa shape index (κ2) is 6.56. The third kappa shape index (κ3) is 4.28. The zero-order chi connectivity index (χ0) is 14.4. The van der Waals surface area contributed by atoms with Crippen molar-refractivity contribution in [2.24, 2.45) is 5.10 Å². The maximum atomic E-state index is 12.9. The molecular weight excluding hydrogens is 262 g/mol. The zero-order valence-electron chi connectivity index (χ0n) is 10.5. The Morgan fingerprint density at radius 1 is 1.10 bits per heavy atom. The molecule has 20 heavy (non-hydrogen) atoms. The fraction of sp³-hybridized carbons (Fsp3) is 0.0667. The van der Waals surface area contributed by atoms with Crippen molar-refractivity contribution >= 4 is 12.1 Å². The molecule has 5 heteroatoms. The van der Waals surface area contributed by atoms with Crippen LogP contribution in [0.1, 0.15) is 11.1 Å². The van der Waals surface area contributed by atoms with E-state index in [-0.39, 0.29) is 24.0 Å². The van der Waals surface area contributed by atoms with Gasteiger partial charge in [-0.25, -0.2) is 14.2 Å². The molecule has 0 aliphatic rings. The third-order valence-corrected chi connectivity index (χ3v) is 2.53. The van der Waals surface area contributed by atoms with E-state index in [1.165, 1.54) is 42.6 Å². The van der Waals surface area contributed by atoms with Crippen molar-refractivity contribution < 1.29 is 13.6 Å². The molecule has 0 fully saturated rings. The number of amides is 1. The number of rotatable bonds is 4. The van der Waals surface area contributed by atoms with Gasteiger partial charge < -0.3 is 0 Å². The largest absolute Gasteiger partial charge is 0.273 e. The lowest BCUT2D eigenvalue weighted by molar-refractivity contribution is -0.120. The number of hydrogen-bond acceptors (Lipinski definition) is 2. The monoisotopic (exact) mass is 274 g/mol. The molecule has 0 saturated carbocycles. The predicted octanol–water partition coefficient (Wildman–Crippen LogP) is 2.66. The van der Waals surface area contributed by atoms with Crippen molar-refractivity contribution in [3.63, 3.8) is 0 Å². The number of hydrogen-bond donors (Lipinski definition) is 1. The van der Waals surface area contributed by atoms with Crippen LogP contribution in [0, 0.1) is 11.6 Å². The topological polar surface area (TPSA) is 41.5 Å². The molecule has 0 atom stereocenters. The van der Waals surface area contributed by atoms with E-state index in [1.54, 1.807) is 12.1 Å². The summed E-state index contributed by atoms with van der Waals surface area (Å²) in [6.45, 7) is 0. The SMILES string of the molecule is O=C(Cc1ccc(F)cc1)N/N=C/c1cccc(F)c1.